The Morgan fingerprint density at radius 3 is 2.63 bits per heavy atom. The first-order valence-corrected chi connectivity index (χ1v) is 10.3. The highest BCUT2D eigenvalue weighted by atomic mass is 32.2. The second-order valence-corrected chi connectivity index (χ2v) is 8.14. The van der Waals surface area contributed by atoms with Crippen molar-refractivity contribution in [1.82, 2.24) is 19.8 Å². The molecular weight excluding hydrogens is 366 g/mol. The number of nitrogens with zero attached hydrogens (tertiary/aromatic N) is 4. The Morgan fingerprint density at radius 2 is 2.04 bits per heavy atom. The van der Waals surface area contributed by atoms with Crippen molar-refractivity contribution in [2.45, 2.75) is 37.9 Å². The van der Waals surface area contributed by atoms with Gasteiger partial charge >= 0.3 is 6.09 Å². The maximum Gasteiger partial charge on any atom is 0.410 e. The quantitative estimate of drug-likeness (QED) is 0.326. The van der Waals surface area contributed by atoms with Crippen molar-refractivity contribution in [1.29, 1.82) is 0 Å². The Bertz CT molecular complexity index is 642. The molecule has 0 unspecified atom stereocenters. The summed E-state index contributed by atoms with van der Waals surface area (Å²) in [7, 11) is 0. The lowest BCUT2D eigenvalue weighted by atomic mass is 10.2. The Morgan fingerprint density at radius 1 is 1.33 bits per heavy atom. The highest BCUT2D eigenvalue weighted by molar-refractivity contribution is 7.98. The van der Waals surface area contributed by atoms with E-state index >= 15 is 0 Å². The van der Waals surface area contributed by atoms with E-state index in [4.69, 9.17) is 4.74 Å². The SMILES string of the molecule is CSc1ncc(C=O)c(NCCCN2CCN(C(=O)OC(C)(C)C)CC2)n1. The van der Waals surface area contributed by atoms with Crippen molar-refractivity contribution in [3.8, 4) is 0 Å². The number of hydrogen-bond donors (Lipinski definition) is 1. The standard InChI is InChI=1S/C18H29N5O3S/c1-18(2,3)26-17(25)23-10-8-22(9-11-23)7-5-6-19-15-14(13-24)12-20-16(21-15)27-4/h12-13H,5-11H2,1-4H3,(H,19,20,21). The van der Waals surface area contributed by atoms with Gasteiger partial charge in [0.1, 0.15) is 11.4 Å². The van der Waals surface area contributed by atoms with E-state index in [2.05, 4.69) is 20.2 Å². The number of hydrogen-bond acceptors (Lipinski definition) is 8. The summed E-state index contributed by atoms with van der Waals surface area (Å²) in [4.78, 5) is 35.7. The average molecular weight is 396 g/mol. The van der Waals surface area contributed by atoms with Gasteiger partial charge in [0.2, 0.25) is 0 Å². The normalized spacial score (nSPS) is 15.5. The molecule has 0 saturated carbocycles. The average Bonchev–Trinajstić information content (AvgIpc) is 2.64. The molecule has 27 heavy (non-hydrogen) atoms. The predicted octanol–water partition coefficient (Wildman–Crippen LogP) is 2.37. The molecule has 0 aromatic carbocycles. The fraction of sp³-hybridized carbons (Fsp3) is 0.667. The minimum Gasteiger partial charge on any atom is -0.444 e. The fourth-order valence-corrected chi connectivity index (χ4v) is 3.03. The molecule has 1 amide bonds. The molecule has 2 heterocycles. The van der Waals surface area contributed by atoms with Crippen LogP contribution in [0.15, 0.2) is 11.4 Å². The Labute approximate surface area is 165 Å². The lowest BCUT2D eigenvalue weighted by Gasteiger charge is -2.35. The van der Waals surface area contributed by atoms with Gasteiger partial charge in [0.05, 0.1) is 5.56 Å². The lowest BCUT2D eigenvalue weighted by molar-refractivity contribution is 0.0145. The minimum atomic E-state index is -0.461. The Kier molecular flexibility index (Phi) is 7.85. The van der Waals surface area contributed by atoms with Gasteiger partial charge in [-0.3, -0.25) is 9.69 Å². The first kappa shape index (κ1) is 21.4. The maximum atomic E-state index is 12.1. The van der Waals surface area contributed by atoms with Crippen molar-refractivity contribution in [2.24, 2.45) is 0 Å². The Hall–Kier alpha value is -1.87. The number of aldehydes is 1. The van der Waals surface area contributed by atoms with Gasteiger partial charge in [-0.25, -0.2) is 14.8 Å². The van der Waals surface area contributed by atoms with E-state index in [1.165, 1.54) is 11.8 Å². The molecular formula is C18H29N5O3S. The molecule has 1 aromatic rings. The van der Waals surface area contributed by atoms with Gasteiger partial charge in [-0.1, -0.05) is 11.8 Å². The van der Waals surface area contributed by atoms with Crippen molar-refractivity contribution in [2.75, 3.05) is 50.8 Å². The van der Waals surface area contributed by atoms with Gasteiger partial charge < -0.3 is 15.0 Å². The molecule has 1 saturated heterocycles. The van der Waals surface area contributed by atoms with E-state index in [-0.39, 0.29) is 6.09 Å². The third-order valence-corrected chi connectivity index (χ3v) is 4.63. The topological polar surface area (TPSA) is 87.7 Å². The van der Waals surface area contributed by atoms with Crippen LogP contribution in [-0.2, 0) is 4.74 Å². The van der Waals surface area contributed by atoms with Gasteiger partial charge in [-0.2, -0.15) is 0 Å². The summed E-state index contributed by atoms with van der Waals surface area (Å²) in [6, 6.07) is 0. The highest BCUT2D eigenvalue weighted by Gasteiger charge is 2.25. The van der Waals surface area contributed by atoms with E-state index in [0.29, 0.717) is 29.6 Å². The molecule has 0 aliphatic carbocycles. The molecule has 2 rings (SSSR count). The van der Waals surface area contributed by atoms with E-state index in [0.717, 1.165) is 38.9 Å². The number of piperazine rings is 1. The molecule has 0 spiro atoms. The molecule has 1 N–H and O–H groups in total. The highest BCUT2D eigenvalue weighted by Crippen LogP contribution is 2.15. The monoisotopic (exact) mass is 395 g/mol. The summed E-state index contributed by atoms with van der Waals surface area (Å²) in [6.07, 6.45) is 4.89. The third kappa shape index (κ3) is 6.99. The smallest absolute Gasteiger partial charge is 0.410 e. The summed E-state index contributed by atoms with van der Waals surface area (Å²) >= 11 is 1.44. The number of carbonyl (C=O) groups is 2. The number of anilines is 1. The molecule has 1 aliphatic heterocycles. The molecule has 8 nitrogen and oxygen atoms in total. The summed E-state index contributed by atoms with van der Waals surface area (Å²) in [6.45, 7) is 10.3. The van der Waals surface area contributed by atoms with Crippen molar-refractivity contribution >= 4 is 30.0 Å². The molecule has 9 heteroatoms. The number of nitrogens with one attached hydrogen (secondary N) is 1. The van der Waals surface area contributed by atoms with Crippen LogP contribution in [0.5, 0.6) is 0 Å². The third-order valence-electron chi connectivity index (χ3n) is 4.07. The maximum absolute atomic E-state index is 12.1. The van der Waals surface area contributed by atoms with Gasteiger partial charge in [-0.15, -0.1) is 0 Å². The molecule has 0 atom stereocenters. The number of ether oxygens (including phenoxy) is 1. The lowest BCUT2D eigenvalue weighted by Crippen LogP contribution is -2.50. The first-order chi connectivity index (χ1) is 12.8. The van der Waals surface area contributed by atoms with E-state index in [1.54, 1.807) is 11.1 Å². The summed E-state index contributed by atoms with van der Waals surface area (Å²) in [5.74, 6) is 0.582. The van der Waals surface area contributed by atoms with Crippen molar-refractivity contribution in [3.63, 3.8) is 0 Å². The van der Waals surface area contributed by atoms with Crippen LogP contribution in [0.3, 0.4) is 0 Å². The first-order valence-electron chi connectivity index (χ1n) is 9.13. The van der Waals surface area contributed by atoms with Crippen LogP contribution in [-0.4, -0.2) is 83.3 Å². The van der Waals surface area contributed by atoms with Crippen molar-refractivity contribution in [3.05, 3.63) is 11.8 Å². The zero-order chi connectivity index (χ0) is 19.9. The molecule has 1 aliphatic rings. The largest absolute Gasteiger partial charge is 0.444 e. The number of aromatic nitrogens is 2. The number of thioether (sulfide) groups is 1. The zero-order valence-electron chi connectivity index (χ0n) is 16.5. The van der Waals surface area contributed by atoms with Gasteiger partial charge in [-0.05, 0) is 40.0 Å². The zero-order valence-corrected chi connectivity index (χ0v) is 17.3. The van der Waals surface area contributed by atoms with E-state index in [9.17, 15) is 9.59 Å². The molecule has 1 fully saturated rings. The van der Waals surface area contributed by atoms with Crippen LogP contribution in [0, 0.1) is 0 Å². The number of rotatable bonds is 7. The summed E-state index contributed by atoms with van der Waals surface area (Å²) in [5.41, 5.74) is 0.0102. The van der Waals surface area contributed by atoms with Crippen LogP contribution < -0.4 is 5.32 Å². The summed E-state index contributed by atoms with van der Waals surface area (Å²) < 4.78 is 5.42. The minimum absolute atomic E-state index is 0.237. The fourth-order valence-electron chi connectivity index (χ4n) is 2.69. The van der Waals surface area contributed by atoms with Gasteiger partial charge in [0.25, 0.3) is 0 Å². The molecule has 1 aromatic heterocycles. The van der Waals surface area contributed by atoms with E-state index < -0.39 is 5.60 Å². The van der Waals surface area contributed by atoms with Crippen molar-refractivity contribution < 1.29 is 14.3 Å². The molecule has 0 radical (unpaired) electrons. The summed E-state index contributed by atoms with van der Waals surface area (Å²) in [5, 5.41) is 3.86. The molecule has 0 bridgehead atoms. The van der Waals surface area contributed by atoms with Crippen LogP contribution in [0.1, 0.15) is 37.6 Å². The number of carbonyl (C=O) groups excluding carboxylic acids is 2. The van der Waals surface area contributed by atoms with Crippen LogP contribution >= 0.6 is 11.8 Å². The van der Waals surface area contributed by atoms with Crippen LogP contribution in [0.2, 0.25) is 0 Å². The number of amides is 1. The van der Waals surface area contributed by atoms with Crippen LogP contribution in [0.4, 0.5) is 10.6 Å². The second-order valence-electron chi connectivity index (χ2n) is 7.37. The van der Waals surface area contributed by atoms with Gasteiger partial charge in [0, 0.05) is 38.9 Å². The van der Waals surface area contributed by atoms with E-state index in [1.807, 2.05) is 27.0 Å². The Balaban J connectivity index is 1.71. The second kappa shape index (κ2) is 9.89. The van der Waals surface area contributed by atoms with Gasteiger partial charge in [0.15, 0.2) is 11.4 Å². The molecule has 150 valence electrons. The van der Waals surface area contributed by atoms with Crippen LogP contribution in [0.25, 0.3) is 0 Å². The predicted molar refractivity (Wildman–Crippen MR) is 107 cm³/mol.